The number of aryl methyl sites for hydroxylation is 3. The molecule has 7 fully saturated rings. The second-order valence-electron chi connectivity index (χ2n) is 30.4. The zero-order valence-electron chi connectivity index (χ0n) is 63.0. The number of nitrogens with one attached hydrogen (secondary N) is 3. The minimum atomic E-state index is -0.406. The molecule has 1 unspecified atom stereocenters. The van der Waals surface area contributed by atoms with Crippen molar-refractivity contribution in [1.29, 1.82) is 0 Å². The fourth-order valence-electron chi connectivity index (χ4n) is 16.8. The molecule has 24 heteroatoms. The number of methoxy groups -OCH3 is 4. The largest absolute Gasteiger partial charge is 0.493 e. The van der Waals surface area contributed by atoms with Gasteiger partial charge in [-0.25, -0.2) is 13.2 Å². The molecule has 6 aromatic carbocycles. The Labute approximate surface area is 634 Å². The van der Waals surface area contributed by atoms with Crippen molar-refractivity contribution in [3.8, 4) is 69.0 Å². The predicted molar refractivity (Wildman–Crippen MR) is 414 cm³/mol. The zero-order valence-corrected chi connectivity index (χ0v) is 63.0. The van der Waals surface area contributed by atoms with Gasteiger partial charge in [-0.05, 0) is 157 Å². The number of fused-ring (bicyclic) bond motifs is 7. The number of benzene rings is 6. The van der Waals surface area contributed by atoms with Gasteiger partial charge < -0.3 is 71.8 Å². The molecule has 1 atom stereocenters. The van der Waals surface area contributed by atoms with Gasteiger partial charge in [0.05, 0.1) is 70.3 Å². The van der Waals surface area contributed by atoms with E-state index in [1.165, 1.54) is 44.1 Å². The van der Waals surface area contributed by atoms with Crippen LogP contribution >= 0.6 is 0 Å². The maximum Gasteiger partial charge on any atom is 0.188 e. The molecule has 3 aliphatic carbocycles. The molecule has 6 aromatic heterocycles. The third kappa shape index (κ3) is 14.1. The molecule has 19 rings (SSSR count). The molecule has 0 radical (unpaired) electrons. The van der Waals surface area contributed by atoms with E-state index >= 15 is 13.2 Å². The molecule has 3 N–H and O–H groups in total. The first-order valence-corrected chi connectivity index (χ1v) is 37.8. The Morgan fingerprint density at radius 3 is 1.27 bits per heavy atom. The number of hydrogen-bond donors (Lipinski definition) is 3. The summed E-state index contributed by atoms with van der Waals surface area (Å²) < 4.78 is 117. The van der Waals surface area contributed by atoms with E-state index in [2.05, 4.69) is 51.2 Å². The molecule has 12 aromatic rings. The third-order valence-electron chi connectivity index (χ3n) is 23.1. The van der Waals surface area contributed by atoms with E-state index in [4.69, 9.17) is 56.8 Å². The molecule has 0 amide bonds. The molecule has 0 bridgehead atoms. The monoisotopic (exact) mass is 1500 g/mol. The molecule has 7 aliphatic rings. The minimum Gasteiger partial charge on any atom is -0.493 e. The summed E-state index contributed by atoms with van der Waals surface area (Å²) in [5, 5.41) is 3.63. The van der Waals surface area contributed by atoms with E-state index in [-0.39, 0.29) is 22.7 Å². The first kappa shape index (κ1) is 72.5. The first-order valence-electron chi connectivity index (χ1n) is 37.8. The molecule has 4 saturated heterocycles. The van der Waals surface area contributed by atoms with Crippen LogP contribution in [0.4, 0.5) is 13.2 Å². The van der Waals surface area contributed by atoms with Crippen molar-refractivity contribution >= 4 is 65.4 Å². The number of halogens is 3. The zero-order chi connectivity index (χ0) is 75.6. The summed E-state index contributed by atoms with van der Waals surface area (Å²) in [6, 6.07) is 31.9. The maximum atomic E-state index is 15.2. The van der Waals surface area contributed by atoms with Gasteiger partial charge in [-0.1, -0.05) is 12.2 Å². The molecule has 110 heavy (non-hydrogen) atoms. The Balaban J connectivity index is 0.000000120. The third-order valence-corrected chi connectivity index (χ3v) is 23.1. The molecule has 21 nitrogen and oxygen atoms in total. The lowest BCUT2D eigenvalue weighted by Crippen LogP contribution is -2.40. The average molecular weight is 1500 g/mol. The van der Waals surface area contributed by atoms with Crippen LogP contribution in [-0.4, -0.2) is 177 Å². The predicted octanol–water partition coefficient (Wildman–Crippen LogP) is 17.0. The van der Waals surface area contributed by atoms with Crippen LogP contribution in [0.25, 0.3) is 65.4 Å². The summed E-state index contributed by atoms with van der Waals surface area (Å²) in [7, 11) is 6.62. The van der Waals surface area contributed by atoms with Crippen LogP contribution in [0.2, 0.25) is 0 Å². The fraction of sp³-hybridized carbons (Fsp3) is 0.384. The lowest BCUT2D eigenvalue weighted by molar-refractivity contribution is -0.182. The van der Waals surface area contributed by atoms with Crippen molar-refractivity contribution < 1.29 is 70.0 Å². The molecule has 4 spiro atoms. The van der Waals surface area contributed by atoms with Gasteiger partial charge in [0.1, 0.15) is 30.5 Å². The summed E-state index contributed by atoms with van der Waals surface area (Å²) in [5.74, 6) is 3.92. The number of aromatic amines is 3. The highest BCUT2D eigenvalue weighted by Crippen LogP contribution is 2.62. The minimum absolute atomic E-state index is 0.151. The first-order chi connectivity index (χ1) is 53.4. The van der Waals surface area contributed by atoms with Crippen LogP contribution in [0.5, 0.6) is 69.0 Å². The standard InChI is InChI=1S/C30H32FN3O5.C28H30FN3O4.C28H28FN3O3/c1-19-14-21-22(33-19)4-5-25(28(21)31)39-24-6-9-32-23-16-27(26(35-2)15-20(23)24)36-11-3-10-34-17-29(7-8-29)30(18-34)37-12-13-38-30;1-17-12-19-20(31-17)4-5-23(27(19)29)36-22-6-9-30-21-14-25(24(33-2)13-18(21)22)35-11-10-32-15-26(34-3)28(16-32)7-8-28;1-17-15-32(16-28(17)7-8-28)10-11-34-26-14-22-19(13-25(26)33-3)23(6-9-30-22)35-24-5-4-21-20(27(24)29)12-18(2)31-21/h4-6,9,14-16,33H,3,7-8,10-13,17-18H2,1-2H3;4-6,9,12-14,26,31H,7-8,10-11,15-16H2,1-3H3;4-6,9,12-14,31H,1,7-8,10-11,15-16H2,2-3H3. The summed E-state index contributed by atoms with van der Waals surface area (Å²) in [4.78, 5) is 30.2. The van der Waals surface area contributed by atoms with Gasteiger partial charge in [0.2, 0.25) is 0 Å². The number of hydrogen-bond acceptors (Lipinski definition) is 18. The Hall–Kier alpha value is -10.3. The molecule has 572 valence electrons. The van der Waals surface area contributed by atoms with Gasteiger partial charge in [-0.3, -0.25) is 29.7 Å². The van der Waals surface area contributed by atoms with Gasteiger partial charge >= 0.3 is 0 Å². The topological polar surface area (TPSA) is 207 Å². The van der Waals surface area contributed by atoms with Crippen molar-refractivity contribution in [3.05, 3.63) is 174 Å². The second-order valence-corrected chi connectivity index (χ2v) is 30.4. The number of likely N-dealkylation sites (tertiary alicyclic amines) is 3. The summed E-state index contributed by atoms with van der Waals surface area (Å²) in [5.41, 5.74) is 9.21. The van der Waals surface area contributed by atoms with Gasteiger partial charge in [-0.15, -0.1) is 0 Å². The SMILES string of the molecule is C=C1CN(CCOc2cc3nccc(Oc4ccc5[nH]c(C)cc5c4F)c3cc2OC)CC12CC2.COc1cc2c(Oc3ccc4[nH]c(C)cc4c3F)ccnc2cc1OCCCN1CC2(CC2)C2(C1)OCCO2.COc1cc2c(Oc3ccc4[nH]c(C)cc4c3F)ccnc2cc1OCCN1CC(OC)C2(CC2)C1. The molecular weight excluding hydrogens is 1410 g/mol. The number of ether oxygens (including phenoxy) is 12. The van der Waals surface area contributed by atoms with Gasteiger partial charge in [-0.2, -0.15) is 0 Å². The highest BCUT2D eigenvalue weighted by Gasteiger charge is 2.68. The Morgan fingerprint density at radius 1 is 0.445 bits per heavy atom. The highest BCUT2D eigenvalue weighted by molar-refractivity contribution is 5.92. The van der Waals surface area contributed by atoms with E-state index in [0.29, 0.717) is 151 Å². The second kappa shape index (κ2) is 29.5. The summed E-state index contributed by atoms with van der Waals surface area (Å²) in [6.45, 7) is 21.4. The Kier molecular flexibility index (Phi) is 19.4. The quantitative estimate of drug-likeness (QED) is 0.0402. The Morgan fingerprint density at radius 2 is 0.882 bits per heavy atom. The fourth-order valence-corrected chi connectivity index (χ4v) is 16.8. The van der Waals surface area contributed by atoms with Gasteiger partial charge in [0, 0.05) is 178 Å². The van der Waals surface area contributed by atoms with E-state index < -0.39 is 23.2 Å². The number of nitrogens with zero attached hydrogens (tertiary/aromatic N) is 6. The lowest BCUT2D eigenvalue weighted by Gasteiger charge is -2.28. The number of pyridine rings is 3. The summed E-state index contributed by atoms with van der Waals surface area (Å²) >= 11 is 0. The van der Waals surface area contributed by atoms with Crippen LogP contribution in [0.15, 0.2) is 140 Å². The molecule has 10 heterocycles. The average Bonchev–Trinajstić information content (AvgIpc) is 1.54. The van der Waals surface area contributed by atoms with Crippen LogP contribution in [-0.2, 0) is 14.2 Å². The van der Waals surface area contributed by atoms with E-state index in [1.54, 1.807) is 94.5 Å². The van der Waals surface area contributed by atoms with Crippen LogP contribution < -0.4 is 42.6 Å². The van der Waals surface area contributed by atoms with E-state index in [9.17, 15) is 0 Å². The van der Waals surface area contributed by atoms with Crippen LogP contribution in [0, 0.1) is 54.5 Å². The molecule has 4 aliphatic heterocycles. The number of H-pyrrole nitrogens is 3. The van der Waals surface area contributed by atoms with E-state index in [0.717, 1.165) is 99.0 Å². The summed E-state index contributed by atoms with van der Waals surface area (Å²) in [6.07, 6.45) is 13.5. The van der Waals surface area contributed by atoms with Crippen LogP contribution in [0.3, 0.4) is 0 Å². The van der Waals surface area contributed by atoms with Crippen molar-refractivity contribution in [1.82, 2.24) is 44.6 Å². The van der Waals surface area contributed by atoms with Crippen molar-refractivity contribution in [2.75, 3.05) is 120 Å². The van der Waals surface area contributed by atoms with Crippen molar-refractivity contribution in [2.24, 2.45) is 16.2 Å². The smallest absolute Gasteiger partial charge is 0.188 e. The normalized spacial score (nSPS) is 18.5. The van der Waals surface area contributed by atoms with Crippen LogP contribution in [0.1, 0.15) is 62.0 Å². The van der Waals surface area contributed by atoms with E-state index in [1.807, 2.05) is 82.5 Å². The highest BCUT2D eigenvalue weighted by atomic mass is 19.1. The van der Waals surface area contributed by atoms with Gasteiger partial charge in [0.15, 0.2) is 75.0 Å². The Bertz CT molecular complexity index is 5490. The van der Waals surface area contributed by atoms with Crippen molar-refractivity contribution in [2.45, 2.75) is 77.6 Å². The van der Waals surface area contributed by atoms with Gasteiger partial charge in [0.25, 0.3) is 0 Å². The van der Waals surface area contributed by atoms with Crippen molar-refractivity contribution in [3.63, 3.8) is 0 Å². The number of aromatic nitrogens is 6. The maximum absolute atomic E-state index is 15.2. The number of rotatable bonds is 23. The molecule has 3 saturated carbocycles. The molecular formula is C86H90F3N9O12. The lowest BCUT2D eigenvalue weighted by atomic mass is 10.00.